The molecule has 0 bridgehead atoms. The second-order valence-electron chi connectivity index (χ2n) is 6.30. The van der Waals surface area contributed by atoms with Gasteiger partial charge in [-0.15, -0.1) is 22.7 Å². The van der Waals surface area contributed by atoms with Gasteiger partial charge in [-0.05, 0) is 35.9 Å². The first kappa shape index (κ1) is 19.1. The Morgan fingerprint density at radius 1 is 1.44 bits per heavy atom. The number of nitrogens with zero attached hydrogens (tertiary/aromatic N) is 2. The average molecular weight is 402 g/mol. The number of hydrogen-bond acceptors (Lipinski definition) is 6. The minimum Gasteiger partial charge on any atom is -0.446 e. The van der Waals surface area contributed by atoms with E-state index in [9.17, 15) is 14.9 Å². The summed E-state index contributed by atoms with van der Waals surface area (Å²) < 4.78 is 5.47. The van der Waals surface area contributed by atoms with Gasteiger partial charge in [0.25, 0.3) is 0 Å². The van der Waals surface area contributed by atoms with Crippen molar-refractivity contribution in [2.75, 3.05) is 19.4 Å². The maximum absolute atomic E-state index is 12.2. The third kappa shape index (κ3) is 4.56. The lowest BCUT2D eigenvalue weighted by molar-refractivity contribution is -0.111. The van der Waals surface area contributed by atoms with Gasteiger partial charge in [0.15, 0.2) is 0 Å². The zero-order valence-corrected chi connectivity index (χ0v) is 16.7. The summed E-state index contributed by atoms with van der Waals surface area (Å²) in [6.07, 6.45) is 4.52. The quantitative estimate of drug-likeness (QED) is 0.788. The van der Waals surface area contributed by atoms with Crippen molar-refractivity contribution in [2.45, 2.75) is 25.4 Å². The first-order chi connectivity index (χ1) is 13.0. The first-order valence-corrected chi connectivity index (χ1v) is 10.1. The number of rotatable bonds is 4. The van der Waals surface area contributed by atoms with E-state index in [2.05, 4.69) is 11.4 Å². The van der Waals surface area contributed by atoms with Crippen molar-refractivity contribution < 1.29 is 14.3 Å². The largest absolute Gasteiger partial charge is 0.446 e. The van der Waals surface area contributed by atoms with Crippen LogP contribution < -0.4 is 5.32 Å². The molecular weight excluding hydrogens is 382 g/mol. The minimum atomic E-state index is -0.368. The normalized spacial score (nSPS) is 15.8. The molecule has 3 rings (SSSR count). The predicted octanol–water partition coefficient (Wildman–Crippen LogP) is 3.89. The maximum Gasteiger partial charge on any atom is 0.409 e. The molecule has 0 spiro atoms. The van der Waals surface area contributed by atoms with Crippen LogP contribution in [0.5, 0.6) is 0 Å². The fourth-order valence-corrected chi connectivity index (χ4v) is 4.69. The smallest absolute Gasteiger partial charge is 0.409 e. The van der Waals surface area contributed by atoms with E-state index in [0.717, 1.165) is 15.3 Å². The highest BCUT2D eigenvalue weighted by atomic mass is 32.1. The van der Waals surface area contributed by atoms with Crippen LogP contribution in [0.25, 0.3) is 6.08 Å². The molecular formula is C19H19N3O3S2. The van der Waals surface area contributed by atoms with E-state index in [0.29, 0.717) is 29.8 Å². The molecule has 1 N–H and O–H groups in total. The first-order valence-electron chi connectivity index (χ1n) is 8.43. The highest BCUT2D eigenvalue weighted by Crippen LogP contribution is 2.38. The Balaban J connectivity index is 1.71. The van der Waals surface area contributed by atoms with Crippen LogP contribution in [0.4, 0.5) is 9.80 Å². The fourth-order valence-electron chi connectivity index (χ4n) is 2.81. The molecule has 0 saturated carbocycles. The molecule has 0 fully saturated rings. The minimum absolute atomic E-state index is 0.208. The molecule has 0 radical (unpaired) electrons. The van der Waals surface area contributed by atoms with E-state index < -0.39 is 0 Å². The Hall–Kier alpha value is -2.63. The summed E-state index contributed by atoms with van der Waals surface area (Å²) in [4.78, 5) is 27.3. The molecule has 8 heteroatoms. The molecule has 2 aromatic heterocycles. The van der Waals surface area contributed by atoms with Crippen molar-refractivity contribution >= 4 is 45.8 Å². The molecule has 1 unspecified atom stereocenters. The number of ether oxygens (including phenoxy) is 1. The van der Waals surface area contributed by atoms with Gasteiger partial charge in [0.2, 0.25) is 5.91 Å². The van der Waals surface area contributed by atoms with Gasteiger partial charge < -0.3 is 15.0 Å². The van der Waals surface area contributed by atoms with Crippen LogP contribution in [0.2, 0.25) is 0 Å². The van der Waals surface area contributed by atoms with Gasteiger partial charge in [-0.25, -0.2) is 4.79 Å². The molecule has 6 nitrogen and oxygen atoms in total. The number of amides is 2. The van der Waals surface area contributed by atoms with Crippen molar-refractivity contribution in [1.29, 1.82) is 5.26 Å². The summed E-state index contributed by atoms with van der Waals surface area (Å²) in [6, 6.07) is 6.05. The lowest BCUT2D eigenvalue weighted by atomic mass is 9.94. The zero-order chi connectivity index (χ0) is 19.4. The molecule has 1 aliphatic carbocycles. The van der Waals surface area contributed by atoms with Gasteiger partial charge in [0, 0.05) is 36.3 Å². The Morgan fingerprint density at radius 2 is 2.26 bits per heavy atom. The summed E-state index contributed by atoms with van der Waals surface area (Å²) in [5.41, 5.74) is 1.47. The molecule has 0 saturated heterocycles. The number of fused-ring (bicyclic) bond motifs is 1. The number of hydrogen-bond donors (Lipinski definition) is 1. The average Bonchev–Trinajstić information content (AvgIpc) is 3.26. The van der Waals surface area contributed by atoms with Gasteiger partial charge in [-0.1, -0.05) is 6.07 Å². The van der Waals surface area contributed by atoms with Crippen molar-refractivity contribution in [3.05, 3.63) is 44.5 Å². The third-order valence-corrected chi connectivity index (χ3v) is 6.15. The lowest BCUT2D eigenvalue weighted by Gasteiger charge is -2.24. The van der Waals surface area contributed by atoms with E-state index in [1.807, 2.05) is 17.5 Å². The molecule has 27 heavy (non-hydrogen) atoms. The number of nitriles is 1. The van der Waals surface area contributed by atoms with Gasteiger partial charge >= 0.3 is 6.09 Å². The Kier molecular flexibility index (Phi) is 5.94. The van der Waals surface area contributed by atoms with Crippen LogP contribution in [0.1, 0.15) is 27.3 Å². The van der Waals surface area contributed by atoms with Gasteiger partial charge in [0.05, 0.1) is 5.56 Å². The second-order valence-corrected chi connectivity index (χ2v) is 8.39. The maximum atomic E-state index is 12.2. The number of thiophene rings is 2. The molecule has 1 atom stereocenters. The van der Waals surface area contributed by atoms with E-state index in [1.165, 1.54) is 22.3 Å². The monoisotopic (exact) mass is 401 g/mol. The standard InChI is InChI=1S/C19H19N3O3S2/c1-22(2)19(24)25-12-5-7-14-15(11-20)18(27-16(14)10-12)21-17(23)8-6-13-4-3-9-26-13/h3-4,6,8-9,12H,5,7,10H2,1-2H3,(H,21,23)/b8-6+. The van der Waals surface area contributed by atoms with Gasteiger partial charge in [0.1, 0.15) is 17.2 Å². The highest BCUT2D eigenvalue weighted by molar-refractivity contribution is 7.16. The number of anilines is 1. The fraction of sp³-hybridized carbons (Fsp3) is 0.316. The van der Waals surface area contributed by atoms with Crippen molar-refractivity contribution in [3.63, 3.8) is 0 Å². The molecule has 0 aromatic carbocycles. The summed E-state index contributed by atoms with van der Waals surface area (Å²) in [6.45, 7) is 0. The van der Waals surface area contributed by atoms with Crippen LogP contribution in [0.3, 0.4) is 0 Å². The third-order valence-electron chi connectivity index (χ3n) is 4.14. The van der Waals surface area contributed by atoms with Gasteiger partial charge in [-0.3, -0.25) is 4.79 Å². The predicted molar refractivity (Wildman–Crippen MR) is 107 cm³/mol. The van der Waals surface area contributed by atoms with Crippen LogP contribution >= 0.6 is 22.7 Å². The zero-order valence-electron chi connectivity index (χ0n) is 15.0. The second kappa shape index (κ2) is 8.37. The number of carbonyl (C=O) groups is 2. The van der Waals surface area contributed by atoms with Crippen LogP contribution in [-0.4, -0.2) is 37.1 Å². The Bertz CT molecular complexity index is 908. The highest BCUT2D eigenvalue weighted by Gasteiger charge is 2.28. The van der Waals surface area contributed by atoms with Gasteiger partial charge in [-0.2, -0.15) is 5.26 Å². The topological polar surface area (TPSA) is 82.4 Å². The molecule has 1 aliphatic rings. The Morgan fingerprint density at radius 3 is 2.93 bits per heavy atom. The van der Waals surface area contributed by atoms with E-state index in [-0.39, 0.29) is 18.1 Å². The summed E-state index contributed by atoms with van der Waals surface area (Å²) in [7, 11) is 3.29. The molecule has 0 aliphatic heterocycles. The summed E-state index contributed by atoms with van der Waals surface area (Å²) >= 11 is 2.93. The molecule has 2 heterocycles. The Labute approximate surface area is 165 Å². The van der Waals surface area contributed by atoms with Crippen molar-refractivity contribution in [1.82, 2.24) is 4.90 Å². The molecule has 140 valence electrons. The number of nitrogens with one attached hydrogen (secondary N) is 1. The lowest BCUT2D eigenvalue weighted by Crippen LogP contribution is -2.31. The number of carbonyl (C=O) groups excluding carboxylic acids is 2. The molecule has 2 aromatic rings. The molecule has 2 amide bonds. The van der Waals surface area contributed by atoms with Crippen LogP contribution in [-0.2, 0) is 22.4 Å². The van der Waals surface area contributed by atoms with Crippen LogP contribution in [0.15, 0.2) is 23.6 Å². The van der Waals surface area contributed by atoms with E-state index >= 15 is 0 Å². The van der Waals surface area contributed by atoms with Crippen LogP contribution in [0, 0.1) is 11.3 Å². The summed E-state index contributed by atoms with van der Waals surface area (Å²) in [5.74, 6) is -0.269. The van der Waals surface area contributed by atoms with E-state index in [4.69, 9.17) is 4.74 Å². The summed E-state index contributed by atoms with van der Waals surface area (Å²) in [5, 5.41) is 14.9. The van der Waals surface area contributed by atoms with Crippen molar-refractivity contribution in [2.24, 2.45) is 0 Å². The van der Waals surface area contributed by atoms with Crippen molar-refractivity contribution in [3.8, 4) is 6.07 Å². The SMILES string of the molecule is CN(C)C(=O)OC1CCc2c(sc(NC(=O)/C=C/c3cccs3)c2C#N)C1. The van der Waals surface area contributed by atoms with E-state index in [1.54, 1.807) is 31.5 Å².